The highest BCUT2D eigenvalue weighted by Gasteiger charge is 2.34. The van der Waals surface area contributed by atoms with Crippen molar-refractivity contribution in [1.82, 2.24) is 10.6 Å². The molecule has 2 fully saturated rings. The molecule has 1 amide bonds. The van der Waals surface area contributed by atoms with Gasteiger partial charge in [0.1, 0.15) is 0 Å². The van der Waals surface area contributed by atoms with Crippen LogP contribution in [0.2, 0.25) is 0 Å². The van der Waals surface area contributed by atoms with Crippen molar-refractivity contribution in [2.45, 2.75) is 31.7 Å². The molecule has 0 radical (unpaired) electrons. The van der Waals surface area contributed by atoms with Gasteiger partial charge in [-0.2, -0.15) is 0 Å². The number of nitrogens with one attached hydrogen (secondary N) is 2. The zero-order valence-corrected chi connectivity index (χ0v) is 9.24. The van der Waals surface area contributed by atoms with E-state index in [9.17, 15) is 9.59 Å². The topological polar surface area (TPSA) is 78.4 Å². The Bertz CT molecular complexity index is 285. The summed E-state index contributed by atoms with van der Waals surface area (Å²) in [5.74, 6) is -0.00333. The van der Waals surface area contributed by atoms with E-state index in [1.165, 1.54) is 0 Å². The van der Waals surface area contributed by atoms with Crippen molar-refractivity contribution in [2.75, 3.05) is 13.1 Å². The Hall–Kier alpha value is -1.10. The van der Waals surface area contributed by atoms with Crippen LogP contribution in [0.5, 0.6) is 0 Å². The average Bonchev–Trinajstić information content (AvgIpc) is 2.92. The van der Waals surface area contributed by atoms with Gasteiger partial charge >= 0.3 is 5.97 Å². The third-order valence-corrected chi connectivity index (χ3v) is 3.27. The van der Waals surface area contributed by atoms with E-state index in [1.54, 1.807) is 0 Å². The first kappa shape index (κ1) is 11.4. The fourth-order valence-corrected chi connectivity index (χ4v) is 2.04. The van der Waals surface area contributed by atoms with E-state index in [-0.39, 0.29) is 18.4 Å². The fraction of sp³-hybridized carbons (Fsp3) is 0.818. The molecule has 1 unspecified atom stereocenters. The van der Waals surface area contributed by atoms with Crippen molar-refractivity contribution in [3.63, 3.8) is 0 Å². The number of carbonyl (C=O) groups is 2. The van der Waals surface area contributed by atoms with Crippen LogP contribution in [0.3, 0.4) is 0 Å². The summed E-state index contributed by atoms with van der Waals surface area (Å²) in [5.41, 5.74) is 0. The van der Waals surface area contributed by atoms with Crippen LogP contribution < -0.4 is 10.6 Å². The summed E-state index contributed by atoms with van der Waals surface area (Å²) in [6, 6.07) is -0.155. The minimum atomic E-state index is -0.831. The lowest BCUT2D eigenvalue weighted by Crippen LogP contribution is -2.46. The van der Waals surface area contributed by atoms with Crippen molar-refractivity contribution < 1.29 is 14.7 Å². The van der Waals surface area contributed by atoms with Crippen molar-refractivity contribution in [2.24, 2.45) is 11.8 Å². The molecule has 5 nitrogen and oxygen atoms in total. The Morgan fingerprint density at radius 1 is 1.38 bits per heavy atom. The van der Waals surface area contributed by atoms with Crippen LogP contribution in [0.1, 0.15) is 25.7 Å². The maximum Gasteiger partial charge on any atom is 0.305 e. The normalized spacial score (nSPS) is 22.2. The number of hydrogen-bond acceptors (Lipinski definition) is 3. The molecule has 0 spiro atoms. The lowest BCUT2D eigenvalue weighted by molar-refractivity contribution is -0.137. The van der Waals surface area contributed by atoms with Crippen LogP contribution in [0, 0.1) is 11.8 Å². The molecule has 0 aromatic heterocycles. The van der Waals surface area contributed by atoms with Crippen LogP contribution in [0.25, 0.3) is 0 Å². The van der Waals surface area contributed by atoms with Gasteiger partial charge in [0.25, 0.3) is 0 Å². The molecule has 1 saturated heterocycles. The Morgan fingerprint density at radius 2 is 2.06 bits per heavy atom. The number of hydrogen-bond donors (Lipinski definition) is 3. The second-order valence-corrected chi connectivity index (χ2v) is 4.84. The lowest BCUT2D eigenvalue weighted by Gasteiger charge is -2.27. The minimum absolute atomic E-state index is 0.00431. The highest BCUT2D eigenvalue weighted by molar-refractivity contribution is 5.78. The molecule has 1 heterocycles. The third kappa shape index (κ3) is 3.20. The summed E-state index contributed by atoms with van der Waals surface area (Å²) >= 11 is 0. The number of carboxylic acid groups (broad SMARTS) is 1. The Kier molecular flexibility index (Phi) is 3.43. The largest absolute Gasteiger partial charge is 0.481 e. The van der Waals surface area contributed by atoms with Gasteiger partial charge in [-0.1, -0.05) is 0 Å². The zero-order valence-electron chi connectivity index (χ0n) is 9.24. The molecule has 90 valence electrons. The second-order valence-electron chi connectivity index (χ2n) is 4.84. The second kappa shape index (κ2) is 4.82. The standard InChI is InChI=1S/C11H18N2O3/c14-10(3-7-5-12-6-7)13-9(4-11(15)16)8-1-2-8/h7-9,12H,1-6H2,(H,13,14)(H,15,16). The van der Waals surface area contributed by atoms with Gasteiger partial charge in [0.2, 0.25) is 5.91 Å². The van der Waals surface area contributed by atoms with E-state index in [1.807, 2.05) is 0 Å². The van der Waals surface area contributed by atoms with Crippen molar-refractivity contribution in [3.05, 3.63) is 0 Å². The SMILES string of the molecule is O=C(O)CC(NC(=O)CC1CNC1)C1CC1. The van der Waals surface area contributed by atoms with Crippen LogP contribution >= 0.6 is 0 Å². The van der Waals surface area contributed by atoms with Crippen LogP contribution in [0.4, 0.5) is 0 Å². The summed E-state index contributed by atoms with van der Waals surface area (Å²) in [4.78, 5) is 22.3. The van der Waals surface area contributed by atoms with Gasteiger partial charge in [-0.25, -0.2) is 0 Å². The van der Waals surface area contributed by atoms with Crippen molar-refractivity contribution >= 4 is 11.9 Å². The first-order valence-electron chi connectivity index (χ1n) is 5.87. The number of amides is 1. The fourth-order valence-electron chi connectivity index (χ4n) is 2.04. The molecule has 1 atom stereocenters. The van der Waals surface area contributed by atoms with E-state index < -0.39 is 5.97 Å². The maximum atomic E-state index is 11.6. The monoisotopic (exact) mass is 226 g/mol. The molecule has 0 bridgehead atoms. The number of rotatable bonds is 6. The van der Waals surface area contributed by atoms with Crippen LogP contribution in [0.15, 0.2) is 0 Å². The Labute approximate surface area is 94.6 Å². The first-order valence-corrected chi connectivity index (χ1v) is 5.87. The van der Waals surface area contributed by atoms with E-state index >= 15 is 0 Å². The van der Waals surface area contributed by atoms with Crippen molar-refractivity contribution in [3.8, 4) is 0 Å². The molecule has 2 aliphatic rings. The number of aliphatic carboxylic acids is 1. The molecular formula is C11H18N2O3. The van der Waals surface area contributed by atoms with Crippen LogP contribution in [-0.2, 0) is 9.59 Å². The van der Waals surface area contributed by atoms with E-state index in [0.717, 1.165) is 25.9 Å². The molecule has 3 N–H and O–H groups in total. The predicted octanol–water partition coefficient (Wildman–Crippen LogP) is -0.0346. The van der Waals surface area contributed by atoms with Gasteiger partial charge in [0, 0.05) is 12.5 Å². The first-order chi connectivity index (χ1) is 7.65. The minimum Gasteiger partial charge on any atom is -0.481 e. The van der Waals surface area contributed by atoms with Gasteiger partial charge in [0.05, 0.1) is 6.42 Å². The molecule has 2 rings (SSSR count). The van der Waals surface area contributed by atoms with E-state index in [2.05, 4.69) is 10.6 Å². The molecule has 1 saturated carbocycles. The Morgan fingerprint density at radius 3 is 2.50 bits per heavy atom. The van der Waals surface area contributed by atoms with E-state index in [0.29, 0.717) is 18.3 Å². The van der Waals surface area contributed by atoms with Gasteiger partial charge < -0.3 is 15.7 Å². The molecular weight excluding hydrogens is 208 g/mol. The van der Waals surface area contributed by atoms with Gasteiger partial charge in [-0.3, -0.25) is 9.59 Å². The number of carboxylic acids is 1. The third-order valence-electron chi connectivity index (χ3n) is 3.27. The predicted molar refractivity (Wildman–Crippen MR) is 57.9 cm³/mol. The summed E-state index contributed by atoms with van der Waals surface area (Å²) in [7, 11) is 0. The summed E-state index contributed by atoms with van der Waals surface area (Å²) in [6.45, 7) is 1.81. The summed E-state index contributed by atoms with van der Waals surface area (Å²) in [6.07, 6.45) is 2.67. The van der Waals surface area contributed by atoms with Gasteiger partial charge in [-0.15, -0.1) is 0 Å². The summed E-state index contributed by atoms with van der Waals surface area (Å²) < 4.78 is 0. The van der Waals surface area contributed by atoms with E-state index in [4.69, 9.17) is 5.11 Å². The van der Waals surface area contributed by atoms with Crippen LogP contribution in [-0.4, -0.2) is 36.1 Å². The zero-order chi connectivity index (χ0) is 11.5. The average molecular weight is 226 g/mol. The number of carbonyl (C=O) groups excluding carboxylic acids is 1. The maximum absolute atomic E-state index is 11.6. The molecule has 16 heavy (non-hydrogen) atoms. The van der Waals surface area contributed by atoms with Gasteiger partial charge in [0.15, 0.2) is 0 Å². The molecule has 0 aromatic carbocycles. The van der Waals surface area contributed by atoms with Crippen molar-refractivity contribution in [1.29, 1.82) is 0 Å². The molecule has 1 aliphatic heterocycles. The Balaban J connectivity index is 1.74. The quantitative estimate of drug-likeness (QED) is 0.594. The molecule has 5 heteroatoms. The smallest absolute Gasteiger partial charge is 0.305 e. The summed E-state index contributed by atoms with van der Waals surface area (Å²) in [5, 5.41) is 14.7. The highest BCUT2D eigenvalue weighted by atomic mass is 16.4. The molecule has 0 aromatic rings. The lowest BCUT2D eigenvalue weighted by atomic mass is 9.98. The highest BCUT2D eigenvalue weighted by Crippen LogP contribution is 2.34. The van der Waals surface area contributed by atoms with Gasteiger partial charge in [-0.05, 0) is 37.8 Å². The molecule has 1 aliphatic carbocycles.